The lowest BCUT2D eigenvalue weighted by Gasteiger charge is -2.27. The number of nitrogens with zero attached hydrogens (tertiary/aromatic N) is 1. The molecule has 3 aromatic carbocycles. The summed E-state index contributed by atoms with van der Waals surface area (Å²) in [6, 6.07) is 19.9. The fourth-order valence-corrected chi connectivity index (χ4v) is 4.27. The molecule has 1 saturated heterocycles. The van der Waals surface area contributed by atoms with Gasteiger partial charge in [-0.2, -0.15) is 0 Å². The molecule has 1 saturated carbocycles. The molecule has 2 amide bonds. The Morgan fingerprint density at radius 2 is 1.58 bits per heavy atom. The van der Waals surface area contributed by atoms with Crippen molar-refractivity contribution < 1.29 is 14.3 Å². The molecule has 2 N–H and O–H groups in total. The third-order valence-electron chi connectivity index (χ3n) is 6.39. The molecular formula is C27H29N3O3. The van der Waals surface area contributed by atoms with Gasteiger partial charge in [-0.3, -0.25) is 14.5 Å². The number of nitrogens with one attached hydrogen (secondary N) is 2. The van der Waals surface area contributed by atoms with Gasteiger partial charge in [-0.25, -0.2) is 0 Å². The number of carbonyl (C=O) groups excluding carboxylic acids is 2. The number of amides is 2. The van der Waals surface area contributed by atoms with Gasteiger partial charge in [0.15, 0.2) is 0 Å². The molecule has 3 aromatic rings. The lowest BCUT2D eigenvalue weighted by Crippen LogP contribution is -2.36. The minimum Gasteiger partial charge on any atom is -0.379 e. The molecule has 0 spiro atoms. The number of ether oxygens (including phenoxy) is 1. The number of anilines is 1. The molecule has 1 aliphatic heterocycles. The normalized spacial score (nSPS) is 16.5. The van der Waals surface area contributed by atoms with Gasteiger partial charge in [0.2, 0.25) is 5.91 Å². The van der Waals surface area contributed by atoms with Crippen molar-refractivity contribution in [1.82, 2.24) is 10.2 Å². The second-order valence-electron chi connectivity index (χ2n) is 8.85. The number of hydrogen-bond acceptors (Lipinski definition) is 4. The van der Waals surface area contributed by atoms with Crippen LogP contribution in [0, 0.1) is 5.92 Å². The number of fused-ring (bicyclic) bond motifs is 1. The van der Waals surface area contributed by atoms with E-state index in [1.807, 2.05) is 48.5 Å². The van der Waals surface area contributed by atoms with Crippen LogP contribution >= 0.6 is 0 Å². The number of hydrogen-bond donors (Lipinski definition) is 2. The van der Waals surface area contributed by atoms with E-state index in [0.717, 1.165) is 62.0 Å². The van der Waals surface area contributed by atoms with E-state index in [2.05, 4.69) is 27.7 Å². The smallest absolute Gasteiger partial charge is 0.253 e. The maximum atomic E-state index is 13.3. The maximum Gasteiger partial charge on any atom is 0.253 e. The van der Waals surface area contributed by atoms with Gasteiger partial charge in [-0.15, -0.1) is 0 Å². The molecule has 0 radical (unpaired) electrons. The van der Waals surface area contributed by atoms with Crippen LogP contribution in [0.15, 0.2) is 60.7 Å². The fraction of sp³-hybridized carbons (Fsp3) is 0.333. The van der Waals surface area contributed by atoms with Gasteiger partial charge < -0.3 is 15.4 Å². The Bertz CT molecular complexity index is 1170. The Kier molecular flexibility index (Phi) is 6.37. The van der Waals surface area contributed by atoms with Gasteiger partial charge in [-0.1, -0.05) is 48.5 Å². The summed E-state index contributed by atoms with van der Waals surface area (Å²) < 4.78 is 5.45. The zero-order chi connectivity index (χ0) is 22.6. The van der Waals surface area contributed by atoms with E-state index in [-0.39, 0.29) is 17.7 Å². The molecule has 0 bridgehead atoms. The van der Waals surface area contributed by atoms with E-state index in [1.54, 1.807) is 0 Å². The average molecular weight is 444 g/mol. The Morgan fingerprint density at radius 3 is 2.30 bits per heavy atom. The Balaban J connectivity index is 1.34. The Hall–Kier alpha value is -3.22. The van der Waals surface area contributed by atoms with Crippen molar-refractivity contribution in [2.24, 2.45) is 5.92 Å². The van der Waals surface area contributed by atoms with Gasteiger partial charge in [0.25, 0.3) is 5.91 Å². The lowest BCUT2D eigenvalue weighted by atomic mass is 10.0. The number of benzene rings is 3. The molecule has 33 heavy (non-hydrogen) atoms. The number of morpholine rings is 1. The highest BCUT2D eigenvalue weighted by Gasteiger charge is 2.30. The molecule has 0 aromatic heterocycles. The molecule has 1 heterocycles. The summed E-state index contributed by atoms with van der Waals surface area (Å²) in [5.41, 5.74) is 3.38. The highest BCUT2D eigenvalue weighted by Crippen LogP contribution is 2.32. The summed E-state index contributed by atoms with van der Waals surface area (Å²) >= 11 is 0. The van der Waals surface area contributed by atoms with E-state index < -0.39 is 0 Å². The van der Waals surface area contributed by atoms with Crippen molar-refractivity contribution in [3.8, 4) is 0 Å². The highest BCUT2D eigenvalue weighted by atomic mass is 16.5. The van der Waals surface area contributed by atoms with Crippen LogP contribution in [0.3, 0.4) is 0 Å². The third-order valence-corrected chi connectivity index (χ3v) is 6.39. The zero-order valence-corrected chi connectivity index (χ0v) is 18.7. The summed E-state index contributed by atoms with van der Waals surface area (Å²) in [5.74, 6) is -0.123. The Labute approximate surface area is 193 Å². The van der Waals surface area contributed by atoms with Gasteiger partial charge in [0.05, 0.1) is 24.5 Å². The Morgan fingerprint density at radius 1 is 0.909 bits per heavy atom. The van der Waals surface area contributed by atoms with E-state index in [9.17, 15) is 9.59 Å². The third kappa shape index (κ3) is 5.24. The van der Waals surface area contributed by atoms with Gasteiger partial charge >= 0.3 is 0 Å². The van der Waals surface area contributed by atoms with Crippen molar-refractivity contribution in [2.75, 3.05) is 31.6 Å². The molecule has 2 aliphatic rings. The average Bonchev–Trinajstić information content (AvgIpc) is 3.69. The molecular weight excluding hydrogens is 414 g/mol. The summed E-state index contributed by atoms with van der Waals surface area (Å²) in [6.07, 6.45) is 1.84. The van der Waals surface area contributed by atoms with Crippen molar-refractivity contribution >= 4 is 28.3 Å². The molecule has 170 valence electrons. The summed E-state index contributed by atoms with van der Waals surface area (Å²) in [6.45, 7) is 4.63. The molecule has 6 heteroatoms. The topological polar surface area (TPSA) is 70.7 Å². The van der Waals surface area contributed by atoms with Crippen LogP contribution in [0.4, 0.5) is 5.69 Å². The molecule has 0 atom stereocenters. The second-order valence-corrected chi connectivity index (χ2v) is 8.85. The molecule has 1 aliphatic carbocycles. The maximum absolute atomic E-state index is 13.3. The van der Waals surface area contributed by atoms with Crippen molar-refractivity contribution in [3.05, 3.63) is 77.4 Å². The van der Waals surface area contributed by atoms with Crippen molar-refractivity contribution in [1.29, 1.82) is 0 Å². The SMILES string of the molecule is O=C(NCc1ccccc1CN1CCOCC1)c1cc2ccccc2cc1NC(=O)C1CC1. The van der Waals surface area contributed by atoms with Crippen LogP contribution in [-0.4, -0.2) is 43.0 Å². The predicted octanol–water partition coefficient (Wildman–Crippen LogP) is 3.95. The molecule has 6 nitrogen and oxygen atoms in total. The number of carbonyl (C=O) groups is 2. The van der Waals surface area contributed by atoms with Crippen LogP contribution < -0.4 is 10.6 Å². The van der Waals surface area contributed by atoms with Crippen LogP contribution in [0.5, 0.6) is 0 Å². The van der Waals surface area contributed by atoms with Crippen molar-refractivity contribution in [2.45, 2.75) is 25.9 Å². The molecule has 2 fully saturated rings. The minimum atomic E-state index is -0.187. The van der Waals surface area contributed by atoms with E-state index in [4.69, 9.17) is 4.74 Å². The van der Waals surface area contributed by atoms with Gasteiger partial charge in [0.1, 0.15) is 0 Å². The van der Waals surface area contributed by atoms with Gasteiger partial charge in [0, 0.05) is 32.1 Å². The largest absolute Gasteiger partial charge is 0.379 e. The van der Waals surface area contributed by atoms with Gasteiger partial charge in [-0.05, 0) is 46.9 Å². The summed E-state index contributed by atoms with van der Waals surface area (Å²) in [5, 5.41) is 8.04. The van der Waals surface area contributed by atoms with Crippen LogP contribution in [0.2, 0.25) is 0 Å². The zero-order valence-electron chi connectivity index (χ0n) is 18.7. The van der Waals surface area contributed by atoms with Crippen LogP contribution in [0.1, 0.15) is 34.3 Å². The first kappa shape index (κ1) is 21.6. The molecule has 0 unspecified atom stereocenters. The highest BCUT2D eigenvalue weighted by molar-refractivity contribution is 6.08. The molecule has 5 rings (SSSR count). The van der Waals surface area contributed by atoms with E-state index in [1.165, 1.54) is 5.56 Å². The fourth-order valence-electron chi connectivity index (χ4n) is 4.27. The second kappa shape index (κ2) is 9.73. The van der Waals surface area contributed by atoms with E-state index >= 15 is 0 Å². The first-order chi connectivity index (χ1) is 16.2. The van der Waals surface area contributed by atoms with E-state index in [0.29, 0.717) is 17.8 Å². The quantitative estimate of drug-likeness (QED) is 0.580. The number of rotatable bonds is 7. The first-order valence-electron chi connectivity index (χ1n) is 11.7. The van der Waals surface area contributed by atoms with Crippen LogP contribution in [0.25, 0.3) is 10.8 Å². The standard InChI is InChI=1S/C27H29N3O3/c31-26(19-9-10-19)29-25-16-21-6-2-1-5-20(21)15-24(25)27(32)28-17-22-7-3-4-8-23(22)18-30-11-13-33-14-12-30/h1-8,15-16,19H,9-14,17-18H2,(H,28,32)(H,29,31). The van der Waals surface area contributed by atoms with Crippen molar-refractivity contribution in [3.63, 3.8) is 0 Å². The predicted molar refractivity (Wildman–Crippen MR) is 129 cm³/mol. The summed E-state index contributed by atoms with van der Waals surface area (Å²) in [4.78, 5) is 28.1. The lowest BCUT2D eigenvalue weighted by molar-refractivity contribution is -0.117. The monoisotopic (exact) mass is 443 g/mol. The first-order valence-corrected chi connectivity index (χ1v) is 11.7. The summed E-state index contributed by atoms with van der Waals surface area (Å²) in [7, 11) is 0. The minimum absolute atomic E-state index is 0.00446. The van der Waals surface area contributed by atoms with Crippen LogP contribution in [-0.2, 0) is 22.6 Å².